The summed E-state index contributed by atoms with van der Waals surface area (Å²) in [6.45, 7) is 2.68. The molecule has 1 aliphatic heterocycles. The SMILES string of the molecule is Cl.Cl.O=C(NCC1CNC1)c1csc(-c2ccc(Cl)s2)n1. The number of amides is 1. The fraction of sp³-hybridized carbons (Fsp3) is 0.333. The van der Waals surface area contributed by atoms with E-state index in [0.29, 0.717) is 18.2 Å². The molecule has 2 N–H and O–H groups in total. The molecule has 3 heterocycles. The molecule has 1 fully saturated rings. The third-order valence-corrected chi connectivity index (χ3v) is 5.18. The van der Waals surface area contributed by atoms with E-state index in [2.05, 4.69) is 15.6 Å². The summed E-state index contributed by atoms with van der Waals surface area (Å²) >= 11 is 8.83. The zero-order chi connectivity index (χ0) is 13.2. The molecule has 21 heavy (non-hydrogen) atoms. The molecule has 0 unspecified atom stereocenters. The smallest absolute Gasteiger partial charge is 0.270 e. The van der Waals surface area contributed by atoms with Gasteiger partial charge in [-0.05, 0) is 12.1 Å². The predicted octanol–water partition coefficient (Wildman–Crippen LogP) is 3.32. The Morgan fingerprint density at radius 1 is 1.43 bits per heavy atom. The highest BCUT2D eigenvalue weighted by molar-refractivity contribution is 7.23. The maximum absolute atomic E-state index is 11.9. The minimum Gasteiger partial charge on any atom is -0.350 e. The van der Waals surface area contributed by atoms with Crippen LogP contribution in [0.15, 0.2) is 17.5 Å². The number of carbonyl (C=O) groups excluding carboxylic acids is 1. The van der Waals surface area contributed by atoms with Crippen LogP contribution in [-0.4, -0.2) is 30.5 Å². The highest BCUT2D eigenvalue weighted by atomic mass is 35.5. The molecule has 4 nitrogen and oxygen atoms in total. The van der Waals surface area contributed by atoms with Gasteiger partial charge >= 0.3 is 0 Å². The normalized spacial score (nSPS) is 13.8. The maximum atomic E-state index is 11.9. The van der Waals surface area contributed by atoms with Crippen LogP contribution in [0.3, 0.4) is 0 Å². The van der Waals surface area contributed by atoms with Crippen LogP contribution in [0.2, 0.25) is 4.34 Å². The molecule has 0 radical (unpaired) electrons. The van der Waals surface area contributed by atoms with Gasteiger partial charge in [0.1, 0.15) is 10.7 Å². The van der Waals surface area contributed by atoms with Crippen molar-refractivity contribution >= 4 is 65.0 Å². The Morgan fingerprint density at radius 2 is 2.19 bits per heavy atom. The zero-order valence-electron chi connectivity index (χ0n) is 10.8. The Kier molecular flexibility index (Phi) is 7.39. The van der Waals surface area contributed by atoms with Crippen molar-refractivity contribution in [3.63, 3.8) is 0 Å². The highest BCUT2D eigenvalue weighted by Crippen LogP contribution is 2.32. The second kappa shape index (κ2) is 8.31. The van der Waals surface area contributed by atoms with Gasteiger partial charge in [-0.25, -0.2) is 4.98 Å². The summed E-state index contributed by atoms with van der Waals surface area (Å²) in [5.41, 5.74) is 0.483. The summed E-state index contributed by atoms with van der Waals surface area (Å²) < 4.78 is 0.730. The largest absolute Gasteiger partial charge is 0.350 e. The number of halogens is 3. The average Bonchev–Trinajstić information content (AvgIpc) is 2.94. The van der Waals surface area contributed by atoms with Crippen LogP contribution in [0, 0.1) is 5.92 Å². The molecule has 1 saturated heterocycles. The van der Waals surface area contributed by atoms with Gasteiger partial charge in [-0.3, -0.25) is 4.79 Å². The fourth-order valence-electron chi connectivity index (χ4n) is 1.74. The van der Waals surface area contributed by atoms with E-state index in [4.69, 9.17) is 11.6 Å². The van der Waals surface area contributed by atoms with Crippen molar-refractivity contribution in [3.8, 4) is 9.88 Å². The van der Waals surface area contributed by atoms with Crippen molar-refractivity contribution in [1.82, 2.24) is 15.6 Å². The molecule has 2 aromatic rings. The lowest BCUT2D eigenvalue weighted by molar-refractivity contribution is 0.0938. The fourth-order valence-corrected chi connectivity index (χ4v) is 3.66. The Labute approximate surface area is 148 Å². The molecule has 2 aromatic heterocycles. The molecule has 1 amide bonds. The van der Waals surface area contributed by atoms with E-state index in [1.165, 1.54) is 22.7 Å². The minimum absolute atomic E-state index is 0. The molecule has 0 atom stereocenters. The van der Waals surface area contributed by atoms with Gasteiger partial charge in [0.2, 0.25) is 0 Å². The second-order valence-corrected chi connectivity index (χ2v) is 6.95. The van der Waals surface area contributed by atoms with Crippen LogP contribution in [-0.2, 0) is 0 Å². The van der Waals surface area contributed by atoms with Gasteiger partial charge in [0.25, 0.3) is 5.91 Å². The maximum Gasteiger partial charge on any atom is 0.270 e. The first-order valence-corrected chi connectivity index (χ1v) is 8.00. The van der Waals surface area contributed by atoms with Gasteiger partial charge in [-0.2, -0.15) is 0 Å². The number of rotatable bonds is 4. The summed E-state index contributed by atoms with van der Waals surface area (Å²) in [6.07, 6.45) is 0. The molecular weight excluding hydrogens is 373 g/mol. The number of nitrogens with zero attached hydrogens (tertiary/aromatic N) is 1. The van der Waals surface area contributed by atoms with Gasteiger partial charge in [-0.1, -0.05) is 11.6 Å². The summed E-state index contributed by atoms with van der Waals surface area (Å²) in [5.74, 6) is 0.454. The van der Waals surface area contributed by atoms with E-state index >= 15 is 0 Å². The molecule has 0 spiro atoms. The van der Waals surface area contributed by atoms with E-state index < -0.39 is 0 Å². The molecule has 0 bridgehead atoms. The van der Waals surface area contributed by atoms with Crippen LogP contribution < -0.4 is 10.6 Å². The van der Waals surface area contributed by atoms with Gasteiger partial charge in [0, 0.05) is 30.9 Å². The predicted molar refractivity (Wildman–Crippen MR) is 93.6 cm³/mol. The lowest BCUT2D eigenvalue weighted by Gasteiger charge is -2.26. The van der Waals surface area contributed by atoms with Crippen LogP contribution in [0.4, 0.5) is 0 Å². The van der Waals surface area contributed by atoms with Gasteiger partial charge in [-0.15, -0.1) is 47.5 Å². The van der Waals surface area contributed by atoms with E-state index in [0.717, 1.165) is 27.3 Å². The first-order valence-electron chi connectivity index (χ1n) is 5.92. The van der Waals surface area contributed by atoms with E-state index in [1.54, 1.807) is 5.38 Å². The van der Waals surface area contributed by atoms with Gasteiger partial charge < -0.3 is 10.6 Å². The third kappa shape index (κ3) is 4.55. The monoisotopic (exact) mass is 385 g/mol. The summed E-state index contributed by atoms with van der Waals surface area (Å²) in [7, 11) is 0. The number of nitrogens with one attached hydrogen (secondary N) is 2. The van der Waals surface area contributed by atoms with Crippen molar-refractivity contribution in [2.75, 3.05) is 19.6 Å². The van der Waals surface area contributed by atoms with Crippen molar-refractivity contribution < 1.29 is 4.79 Å². The third-order valence-electron chi connectivity index (χ3n) is 2.94. The van der Waals surface area contributed by atoms with Crippen LogP contribution in [0.1, 0.15) is 10.5 Å². The molecule has 1 aliphatic rings. The number of hydrogen-bond acceptors (Lipinski definition) is 5. The molecule has 116 valence electrons. The summed E-state index contributed by atoms with van der Waals surface area (Å²) in [6, 6.07) is 3.76. The number of aromatic nitrogens is 1. The minimum atomic E-state index is -0.1000. The van der Waals surface area contributed by atoms with Gasteiger partial charge in [0.15, 0.2) is 0 Å². The highest BCUT2D eigenvalue weighted by Gasteiger charge is 2.19. The van der Waals surface area contributed by atoms with Crippen molar-refractivity contribution in [3.05, 3.63) is 27.5 Å². The van der Waals surface area contributed by atoms with Crippen LogP contribution in [0.5, 0.6) is 0 Å². The van der Waals surface area contributed by atoms with Gasteiger partial charge in [0.05, 0.1) is 9.21 Å². The molecule has 3 rings (SSSR count). The van der Waals surface area contributed by atoms with E-state index in [9.17, 15) is 4.79 Å². The van der Waals surface area contributed by atoms with E-state index in [-0.39, 0.29) is 30.7 Å². The quantitative estimate of drug-likeness (QED) is 0.847. The lowest BCUT2D eigenvalue weighted by Crippen LogP contribution is -2.48. The molecule has 0 aromatic carbocycles. The Bertz CT molecular complexity index is 598. The van der Waals surface area contributed by atoms with Crippen molar-refractivity contribution in [2.24, 2.45) is 5.92 Å². The molecule has 0 saturated carbocycles. The number of thiophene rings is 1. The summed E-state index contributed by atoms with van der Waals surface area (Å²) in [4.78, 5) is 17.3. The first-order chi connectivity index (χ1) is 9.22. The van der Waals surface area contributed by atoms with E-state index in [1.807, 2.05) is 12.1 Å². The Balaban J connectivity index is 0.00000110. The van der Waals surface area contributed by atoms with Crippen LogP contribution >= 0.6 is 59.1 Å². The molecule has 0 aliphatic carbocycles. The number of thiazole rings is 1. The van der Waals surface area contributed by atoms with Crippen molar-refractivity contribution in [1.29, 1.82) is 0 Å². The zero-order valence-corrected chi connectivity index (χ0v) is 14.8. The Morgan fingerprint density at radius 3 is 2.76 bits per heavy atom. The number of carbonyl (C=O) groups is 1. The van der Waals surface area contributed by atoms with Crippen molar-refractivity contribution in [2.45, 2.75) is 0 Å². The standard InChI is InChI=1S/C12H12ClN3OS2.2ClH/c13-10-2-1-9(19-10)12-16-8(6-18-12)11(17)15-5-7-3-14-4-7;;/h1-2,6-7,14H,3-5H2,(H,15,17);2*1H. The lowest BCUT2D eigenvalue weighted by atomic mass is 10.0. The summed E-state index contributed by atoms with van der Waals surface area (Å²) in [5, 5.41) is 8.72. The number of hydrogen-bond donors (Lipinski definition) is 2. The molecule has 9 heteroatoms. The van der Waals surface area contributed by atoms with Crippen LogP contribution in [0.25, 0.3) is 9.88 Å². The topological polar surface area (TPSA) is 54.0 Å². The Hall–Kier alpha value is -0.370. The molecular formula is C12H14Cl3N3OS2. The second-order valence-electron chi connectivity index (χ2n) is 4.38. The average molecular weight is 387 g/mol. The first kappa shape index (κ1) is 18.7.